The monoisotopic (exact) mass is 280 g/mol. The van der Waals surface area contributed by atoms with E-state index in [1.165, 1.54) is 30.6 Å². The van der Waals surface area contributed by atoms with Crippen LogP contribution >= 0.6 is 0 Å². The Labute approximate surface area is 120 Å². The first-order valence-electron chi connectivity index (χ1n) is 7.34. The van der Waals surface area contributed by atoms with E-state index in [1.54, 1.807) is 18.0 Å². The van der Waals surface area contributed by atoms with Gasteiger partial charge in [-0.25, -0.2) is 4.79 Å². The Morgan fingerprint density at radius 2 is 2.10 bits per heavy atom. The van der Waals surface area contributed by atoms with E-state index in [0.717, 1.165) is 18.4 Å². The molecule has 3 unspecified atom stereocenters. The summed E-state index contributed by atoms with van der Waals surface area (Å²) in [4.78, 5) is 26.1. The van der Waals surface area contributed by atoms with Gasteiger partial charge in [-0.3, -0.25) is 4.79 Å². The second-order valence-electron chi connectivity index (χ2n) is 6.16. The highest BCUT2D eigenvalue weighted by molar-refractivity contribution is 5.80. The third-order valence-corrected chi connectivity index (χ3v) is 4.67. The van der Waals surface area contributed by atoms with Gasteiger partial charge in [-0.05, 0) is 37.0 Å². The summed E-state index contributed by atoms with van der Waals surface area (Å²) in [5, 5.41) is 8.86. The van der Waals surface area contributed by atoms with E-state index in [2.05, 4.69) is 6.58 Å². The zero-order valence-electron chi connectivity index (χ0n) is 12.1. The van der Waals surface area contributed by atoms with E-state index in [-0.39, 0.29) is 19.1 Å². The maximum atomic E-state index is 12.3. The van der Waals surface area contributed by atoms with Crippen LogP contribution in [0.25, 0.3) is 0 Å². The van der Waals surface area contributed by atoms with Crippen molar-refractivity contribution >= 4 is 12.0 Å². The van der Waals surface area contributed by atoms with Crippen LogP contribution in [0.4, 0.5) is 4.79 Å². The number of aliphatic carboxylic acids is 1. The molecule has 0 spiro atoms. The Bertz CT molecular complexity index is 397. The zero-order valence-corrected chi connectivity index (χ0v) is 12.1. The molecule has 2 aliphatic carbocycles. The summed E-state index contributed by atoms with van der Waals surface area (Å²) in [6, 6.07) is -0.213. The molecule has 2 aliphatic rings. The van der Waals surface area contributed by atoms with E-state index in [4.69, 9.17) is 5.11 Å². The maximum absolute atomic E-state index is 12.3. The molecule has 5 heteroatoms. The highest BCUT2D eigenvalue weighted by Gasteiger charge is 2.40. The van der Waals surface area contributed by atoms with Crippen molar-refractivity contribution in [1.82, 2.24) is 9.80 Å². The largest absolute Gasteiger partial charge is 0.480 e. The van der Waals surface area contributed by atoms with Gasteiger partial charge in [0.05, 0.1) is 0 Å². The van der Waals surface area contributed by atoms with Crippen LogP contribution < -0.4 is 0 Å². The third kappa shape index (κ3) is 3.32. The summed E-state index contributed by atoms with van der Waals surface area (Å²) >= 11 is 0. The van der Waals surface area contributed by atoms with Crippen LogP contribution in [-0.4, -0.2) is 53.6 Å². The fraction of sp³-hybridized carbons (Fsp3) is 0.733. The molecule has 0 radical (unpaired) electrons. The number of carbonyl (C=O) groups excluding carboxylic acids is 1. The van der Waals surface area contributed by atoms with Crippen LogP contribution in [0.5, 0.6) is 0 Å². The van der Waals surface area contributed by atoms with Crippen LogP contribution in [0.15, 0.2) is 12.7 Å². The first-order valence-corrected chi connectivity index (χ1v) is 7.34. The molecule has 0 saturated heterocycles. The quantitative estimate of drug-likeness (QED) is 0.757. The molecule has 3 atom stereocenters. The fourth-order valence-electron chi connectivity index (χ4n) is 3.80. The van der Waals surface area contributed by atoms with Crippen LogP contribution in [0, 0.1) is 17.8 Å². The summed E-state index contributed by atoms with van der Waals surface area (Å²) in [7, 11) is 1.77. The number of rotatable bonds is 6. The van der Waals surface area contributed by atoms with E-state index in [0.29, 0.717) is 5.92 Å². The minimum atomic E-state index is -0.992. The second kappa shape index (κ2) is 6.29. The van der Waals surface area contributed by atoms with Gasteiger partial charge in [0.15, 0.2) is 0 Å². The molecule has 2 bridgehead atoms. The lowest BCUT2D eigenvalue weighted by Crippen LogP contribution is -2.45. The van der Waals surface area contributed by atoms with Gasteiger partial charge in [0.1, 0.15) is 6.54 Å². The lowest BCUT2D eigenvalue weighted by molar-refractivity contribution is -0.137. The summed E-state index contributed by atoms with van der Waals surface area (Å²) in [6.45, 7) is 4.32. The van der Waals surface area contributed by atoms with Crippen LogP contribution in [-0.2, 0) is 4.79 Å². The smallest absolute Gasteiger partial charge is 0.323 e. The molecule has 5 nitrogen and oxygen atoms in total. The van der Waals surface area contributed by atoms with Crippen molar-refractivity contribution in [2.75, 3.05) is 26.7 Å². The van der Waals surface area contributed by atoms with Gasteiger partial charge in [-0.15, -0.1) is 6.58 Å². The molecule has 0 aliphatic heterocycles. The van der Waals surface area contributed by atoms with Gasteiger partial charge < -0.3 is 14.9 Å². The number of amides is 2. The number of carboxylic acids is 1. The van der Waals surface area contributed by atoms with Gasteiger partial charge in [0, 0.05) is 20.1 Å². The van der Waals surface area contributed by atoms with Gasteiger partial charge in [-0.1, -0.05) is 12.5 Å². The number of hydrogen-bond acceptors (Lipinski definition) is 2. The van der Waals surface area contributed by atoms with Crippen molar-refractivity contribution in [3.8, 4) is 0 Å². The molecular formula is C15H24N2O3. The zero-order chi connectivity index (χ0) is 14.7. The second-order valence-corrected chi connectivity index (χ2v) is 6.16. The van der Waals surface area contributed by atoms with Crippen LogP contribution in [0.2, 0.25) is 0 Å². The van der Waals surface area contributed by atoms with Crippen LogP contribution in [0.3, 0.4) is 0 Å². The molecule has 0 aromatic carbocycles. The average molecular weight is 280 g/mol. The summed E-state index contributed by atoms with van der Waals surface area (Å²) in [6.07, 6.45) is 6.75. The average Bonchev–Trinajstić information content (AvgIpc) is 2.99. The number of nitrogens with zero attached hydrogens (tertiary/aromatic N) is 2. The first kappa shape index (κ1) is 14.9. The van der Waals surface area contributed by atoms with Gasteiger partial charge in [-0.2, -0.15) is 0 Å². The number of fused-ring (bicyclic) bond motifs is 2. The molecule has 1 N–H and O–H groups in total. The summed E-state index contributed by atoms with van der Waals surface area (Å²) in [5.74, 6) is 1.23. The normalized spacial score (nSPS) is 27.4. The Balaban J connectivity index is 1.89. The van der Waals surface area contributed by atoms with E-state index < -0.39 is 5.97 Å². The van der Waals surface area contributed by atoms with Crippen molar-refractivity contribution in [3.05, 3.63) is 12.7 Å². The summed E-state index contributed by atoms with van der Waals surface area (Å²) in [5.41, 5.74) is 0. The first-order chi connectivity index (χ1) is 9.51. The highest BCUT2D eigenvalue weighted by Crippen LogP contribution is 2.48. The summed E-state index contributed by atoms with van der Waals surface area (Å²) < 4.78 is 0. The molecule has 0 aromatic rings. The lowest BCUT2D eigenvalue weighted by Gasteiger charge is -2.30. The fourth-order valence-corrected chi connectivity index (χ4v) is 3.80. The minimum absolute atomic E-state index is 0.213. The Hall–Kier alpha value is -1.52. The van der Waals surface area contributed by atoms with E-state index in [9.17, 15) is 9.59 Å². The van der Waals surface area contributed by atoms with Crippen molar-refractivity contribution in [2.24, 2.45) is 17.8 Å². The van der Waals surface area contributed by atoms with Gasteiger partial charge in [0.2, 0.25) is 0 Å². The Morgan fingerprint density at radius 1 is 1.35 bits per heavy atom. The number of carbonyl (C=O) groups is 2. The Morgan fingerprint density at radius 3 is 2.60 bits per heavy atom. The minimum Gasteiger partial charge on any atom is -0.480 e. The molecule has 2 amide bonds. The molecule has 0 heterocycles. The molecule has 112 valence electrons. The van der Waals surface area contributed by atoms with Crippen molar-refractivity contribution in [1.29, 1.82) is 0 Å². The predicted molar refractivity (Wildman–Crippen MR) is 76.4 cm³/mol. The number of carboxylic acid groups (broad SMARTS) is 1. The molecule has 20 heavy (non-hydrogen) atoms. The van der Waals surface area contributed by atoms with E-state index >= 15 is 0 Å². The molecule has 2 saturated carbocycles. The van der Waals surface area contributed by atoms with Crippen LogP contribution in [0.1, 0.15) is 25.7 Å². The molecule has 2 rings (SSSR count). The Kier molecular flexibility index (Phi) is 4.68. The van der Waals surface area contributed by atoms with E-state index in [1.807, 2.05) is 0 Å². The molecule has 0 aromatic heterocycles. The van der Waals surface area contributed by atoms with Crippen molar-refractivity contribution in [3.63, 3.8) is 0 Å². The number of hydrogen-bond donors (Lipinski definition) is 1. The molecular weight excluding hydrogens is 256 g/mol. The third-order valence-electron chi connectivity index (χ3n) is 4.67. The van der Waals surface area contributed by atoms with Gasteiger partial charge >= 0.3 is 12.0 Å². The van der Waals surface area contributed by atoms with Crippen molar-refractivity contribution < 1.29 is 14.7 Å². The SMILES string of the molecule is C=CCN(CC(=O)O)C(=O)N(C)CC1CC2CCC1C2. The topological polar surface area (TPSA) is 60.9 Å². The van der Waals surface area contributed by atoms with Gasteiger partial charge in [0.25, 0.3) is 0 Å². The predicted octanol–water partition coefficient (Wildman–Crippen LogP) is 2.05. The lowest BCUT2D eigenvalue weighted by atomic mass is 9.88. The highest BCUT2D eigenvalue weighted by atomic mass is 16.4. The molecule has 2 fully saturated rings. The number of urea groups is 1. The standard InChI is InChI=1S/C15H24N2O3/c1-3-6-17(10-14(18)19)15(20)16(2)9-13-8-11-4-5-12(13)7-11/h3,11-13H,1,4-10H2,2H3,(H,18,19). The maximum Gasteiger partial charge on any atom is 0.323 e. The van der Waals surface area contributed by atoms with Crippen molar-refractivity contribution in [2.45, 2.75) is 25.7 Å².